The normalized spacial score (nSPS) is 23.1. The van der Waals surface area contributed by atoms with Crippen LogP contribution in [0.2, 0.25) is 18.1 Å². The average molecular weight is 405 g/mol. The average Bonchev–Trinajstić information content (AvgIpc) is 2.66. The number of hydrogen-bond acceptors (Lipinski definition) is 4. The Hall–Kier alpha value is -1.72. The van der Waals surface area contributed by atoms with E-state index in [1.807, 2.05) is 6.07 Å². The van der Waals surface area contributed by atoms with Crippen molar-refractivity contribution in [2.75, 3.05) is 21.3 Å². The van der Waals surface area contributed by atoms with Gasteiger partial charge in [-0.3, -0.25) is 0 Å². The minimum Gasteiger partial charge on any atom is -0.505 e. The first-order valence-corrected chi connectivity index (χ1v) is 12.8. The van der Waals surface area contributed by atoms with Crippen LogP contribution in [0.25, 0.3) is 0 Å². The molecule has 1 aliphatic rings. The Labute approximate surface area is 171 Å². The van der Waals surface area contributed by atoms with Crippen LogP contribution >= 0.6 is 0 Å². The van der Waals surface area contributed by atoms with Gasteiger partial charge in [-0.25, -0.2) is 0 Å². The van der Waals surface area contributed by atoms with E-state index in [0.29, 0.717) is 0 Å². The molecule has 2 atom stereocenters. The second-order valence-electron chi connectivity index (χ2n) is 8.96. The molecule has 1 aliphatic carbocycles. The summed E-state index contributed by atoms with van der Waals surface area (Å²) < 4.78 is 22.8. The highest BCUT2D eigenvalue weighted by Crippen LogP contribution is 2.43. The van der Waals surface area contributed by atoms with E-state index in [2.05, 4.69) is 64.2 Å². The van der Waals surface area contributed by atoms with Gasteiger partial charge in [-0.2, -0.15) is 0 Å². The van der Waals surface area contributed by atoms with Crippen molar-refractivity contribution < 1.29 is 18.6 Å². The highest BCUT2D eigenvalue weighted by atomic mass is 28.4. The molecule has 4 nitrogen and oxygen atoms in total. The number of allylic oxidation sites excluding steroid dienone is 2. The van der Waals surface area contributed by atoms with Crippen LogP contribution in [0.5, 0.6) is 11.5 Å². The van der Waals surface area contributed by atoms with Crippen molar-refractivity contribution in [2.24, 2.45) is 0 Å². The zero-order valence-corrected chi connectivity index (χ0v) is 19.7. The van der Waals surface area contributed by atoms with Crippen LogP contribution in [-0.4, -0.2) is 35.8 Å². The smallest absolute Gasteiger partial charge is 0.192 e. The van der Waals surface area contributed by atoms with Gasteiger partial charge in [0.25, 0.3) is 0 Å². The van der Waals surface area contributed by atoms with E-state index in [0.717, 1.165) is 29.9 Å². The SMILES string of the molecule is CO/C=C/[C@@]1(c2ccc(OC)c(OC)c2)C=C[C@@H](O[Si](C)(C)C(C)(C)C)CC1. The maximum Gasteiger partial charge on any atom is 0.192 e. The van der Waals surface area contributed by atoms with Crippen LogP contribution in [0.3, 0.4) is 0 Å². The number of hydrogen-bond donors (Lipinski definition) is 0. The van der Waals surface area contributed by atoms with Gasteiger partial charge in [-0.05, 0) is 54.7 Å². The predicted molar refractivity (Wildman–Crippen MR) is 118 cm³/mol. The lowest BCUT2D eigenvalue weighted by Crippen LogP contribution is -2.44. The molecule has 0 saturated carbocycles. The summed E-state index contributed by atoms with van der Waals surface area (Å²) in [5, 5.41) is 0.203. The van der Waals surface area contributed by atoms with Gasteiger partial charge in [-0.15, -0.1) is 0 Å². The van der Waals surface area contributed by atoms with E-state index in [4.69, 9.17) is 18.6 Å². The molecule has 1 aromatic carbocycles. The zero-order valence-electron chi connectivity index (χ0n) is 18.7. The molecule has 28 heavy (non-hydrogen) atoms. The molecule has 0 aromatic heterocycles. The lowest BCUT2D eigenvalue weighted by Gasteiger charge is -2.41. The van der Waals surface area contributed by atoms with Crippen molar-refractivity contribution in [3.05, 3.63) is 48.3 Å². The van der Waals surface area contributed by atoms with Crippen molar-refractivity contribution in [3.8, 4) is 11.5 Å². The number of methoxy groups -OCH3 is 3. The lowest BCUT2D eigenvalue weighted by molar-refractivity contribution is 0.197. The van der Waals surface area contributed by atoms with E-state index in [-0.39, 0.29) is 16.6 Å². The minimum absolute atomic E-state index is 0.158. The summed E-state index contributed by atoms with van der Waals surface area (Å²) in [6.07, 6.45) is 10.4. The second-order valence-corrected chi connectivity index (χ2v) is 13.7. The third-order valence-corrected chi connectivity index (χ3v) is 10.6. The standard InChI is InChI=1S/C23H36O4Si/c1-22(2,3)28(7,8)27-19-11-13-23(14-12-19,15-16-24-4)18-9-10-20(25-5)21(17-18)26-6/h9-11,13,15-17,19H,12,14H2,1-8H3/b16-15+/t19-,23-/m1/s1. The molecule has 0 aliphatic heterocycles. The van der Waals surface area contributed by atoms with E-state index in [1.165, 1.54) is 0 Å². The third kappa shape index (κ3) is 4.81. The molecule has 0 unspecified atom stereocenters. The van der Waals surface area contributed by atoms with Gasteiger partial charge in [0, 0.05) is 5.41 Å². The fourth-order valence-corrected chi connectivity index (χ4v) is 4.59. The van der Waals surface area contributed by atoms with Crippen LogP contribution in [0.4, 0.5) is 0 Å². The third-order valence-electron chi connectivity index (χ3n) is 6.13. The fraction of sp³-hybridized carbons (Fsp3) is 0.565. The number of rotatable bonds is 7. The summed E-state index contributed by atoms with van der Waals surface area (Å²) in [4.78, 5) is 0. The van der Waals surface area contributed by atoms with Gasteiger partial charge < -0.3 is 18.6 Å². The molecule has 0 radical (unpaired) electrons. The molecular weight excluding hydrogens is 368 g/mol. The highest BCUT2D eigenvalue weighted by Gasteiger charge is 2.40. The van der Waals surface area contributed by atoms with Gasteiger partial charge in [0.2, 0.25) is 0 Å². The monoisotopic (exact) mass is 404 g/mol. The summed E-state index contributed by atoms with van der Waals surface area (Å²) in [6.45, 7) is 11.5. The Balaban J connectivity index is 2.35. The molecule has 0 amide bonds. The van der Waals surface area contributed by atoms with Crippen LogP contribution < -0.4 is 9.47 Å². The van der Waals surface area contributed by atoms with E-state index < -0.39 is 8.32 Å². The van der Waals surface area contributed by atoms with Gasteiger partial charge in [-0.1, -0.05) is 39.0 Å². The lowest BCUT2D eigenvalue weighted by atomic mass is 9.73. The van der Waals surface area contributed by atoms with Crippen molar-refractivity contribution in [1.29, 1.82) is 0 Å². The second kappa shape index (κ2) is 8.74. The topological polar surface area (TPSA) is 36.9 Å². The Kier molecular flexibility index (Phi) is 7.05. The summed E-state index contributed by atoms with van der Waals surface area (Å²) >= 11 is 0. The maximum atomic E-state index is 6.61. The largest absolute Gasteiger partial charge is 0.505 e. The number of benzene rings is 1. The van der Waals surface area contributed by atoms with Crippen molar-refractivity contribution in [1.82, 2.24) is 0 Å². The molecule has 0 bridgehead atoms. The molecule has 0 saturated heterocycles. The van der Waals surface area contributed by atoms with E-state index in [1.54, 1.807) is 27.6 Å². The first kappa shape index (κ1) is 22.6. The van der Waals surface area contributed by atoms with Crippen LogP contribution in [0.15, 0.2) is 42.7 Å². The molecule has 2 rings (SSSR count). The molecule has 5 heteroatoms. The Morgan fingerprint density at radius 1 is 1.07 bits per heavy atom. The molecule has 0 N–H and O–H groups in total. The van der Waals surface area contributed by atoms with E-state index in [9.17, 15) is 0 Å². The first-order valence-electron chi connectivity index (χ1n) is 9.89. The Morgan fingerprint density at radius 2 is 1.75 bits per heavy atom. The molecule has 0 spiro atoms. The molecule has 0 heterocycles. The Bertz CT molecular complexity index is 718. The first-order chi connectivity index (χ1) is 13.1. The maximum absolute atomic E-state index is 6.61. The summed E-state index contributed by atoms with van der Waals surface area (Å²) in [6, 6.07) is 6.11. The van der Waals surface area contributed by atoms with Crippen LogP contribution in [0, 0.1) is 0 Å². The Morgan fingerprint density at radius 3 is 2.25 bits per heavy atom. The van der Waals surface area contributed by atoms with Crippen molar-refractivity contribution in [2.45, 2.75) is 63.3 Å². The molecule has 0 fully saturated rings. The van der Waals surface area contributed by atoms with Gasteiger partial charge in [0.05, 0.1) is 33.7 Å². The summed E-state index contributed by atoms with van der Waals surface area (Å²) in [5.41, 5.74) is 0.906. The van der Waals surface area contributed by atoms with Gasteiger partial charge >= 0.3 is 0 Å². The van der Waals surface area contributed by atoms with Gasteiger partial charge in [0.1, 0.15) is 0 Å². The quantitative estimate of drug-likeness (QED) is 0.325. The van der Waals surface area contributed by atoms with E-state index >= 15 is 0 Å². The molecule has 1 aromatic rings. The number of ether oxygens (including phenoxy) is 3. The predicted octanol–water partition coefficient (Wildman–Crippen LogP) is 5.84. The molecule has 156 valence electrons. The van der Waals surface area contributed by atoms with Crippen LogP contribution in [0.1, 0.15) is 39.2 Å². The highest BCUT2D eigenvalue weighted by molar-refractivity contribution is 6.74. The summed E-state index contributed by atoms with van der Waals surface area (Å²) in [7, 11) is 3.19. The molecular formula is C23H36O4Si. The van der Waals surface area contributed by atoms with Crippen LogP contribution in [-0.2, 0) is 14.6 Å². The fourth-order valence-electron chi connectivity index (χ4n) is 3.28. The zero-order chi connectivity index (χ0) is 21.0. The van der Waals surface area contributed by atoms with Gasteiger partial charge in [0.15, 0.2) is 19.8 Å². The summed E-state index contributed by atoms with van der Waals surface area (Å²) in [5.74, 6) is 1.47. The van der Waals surface area contributed by atoms with Crippen molar-refractivity contribution >= 4 is 8.32 Å². The van der Waals surface area contributed by atoms with Crippen molar-refractivity contribution in [3.63, 3.8) is 0 Å². The minimum atomic E-state index is -1.80.